The maximum Gasteiger partial charge on any atom is 0.217 e. The lowest BCUT2D eigenvalue weighted by atomic mass is 9.86. The quantitative estimate of drug-likeness (QED) is 0.715. The Hall–Kier alpha value is -0.570. The molecule has 1 aliphatic heterocycles. The van der Waals surface area contributed by atoms with Gasteiger partial charge in [-0.15, -0.1) is 0 Å². The molecule has 0 aliphatic carbocycles. The number of piperidine rings is 1. The van der Waals surface area contributed by atoms with Crippen LogP contribution in [0.4, 0.5) is 0 Å². The van der Waals surface area contributed by atoms with E-state index >= 15 is 0 Å². The summed E-state index contributed by atoms with van der Waals surface area (Å²) in [6.07, 6.45) is 3.98. The Balaban J connectivity index is 2.32. The van der Waals surface area contributed by atoms with Gasteiger partial charge in [0.2, 0.25) is 5.91 Å². The van der Waals surface area contributed by atoms with E-state index in [9.17, 15) is 4.79 Å². The van der Waals surface area contributed by atoms with E-state index in [2.05, 4.69) is 19.2 Å². The Morgan fingerprint density at radius 2 is 2.29 bits per heavy atom. The van der Waals surface area contributed by atoms with E-state index in [-0.39, 0.29) is 5.91 Å². The summed E-state index contributed by atoms with van der Waals surface area (Å²) in [5.74, 6) is 1.08. The molecule has 2 atom stereocenters. The standard InChI is InChI=1S/C11H22N2O/c1-8(2)5-10-6-9(3-4-13-10)7-11(12)14/h8-10,13H,3-7H2,1-2H3,(H2,12,14). The van der Waals surface area contributed by atoms with Gasteiger partial charge in [0.1, 0.15) is 0 Å². The molecular formula is C11H22N2O. The van der Waals surface area contributed by atoms with E-state index in [4.69, 9.17) is 5.73 Å². The fourth-order valence-corrected chi connectivity index (χ4v) is 2.31. The van der Waals surface area contributed by atoms with Crippen LogP contribution in [-0.2, 0) is 4.79 Å². The average Bonchev–Trinajstić information content (AvgIpc) is 2.01. The summed E-state index contributed by atoms with van der Waals surface area (Å²) >= 11 is 0. The first-order valence-corrected chi connectivity index (χ1v) is 5.59. The zero-order valence-electron chi connectivity index (χ0n) is 9.25. The predicted molar refractivity (Wildman–Crippen MR) is 57.8 cm³/mol. The molecule has 1 heterocycles. The first-order valence-electron chi connectivity index (χ1n) is 5.59. The largest absolute Gasteiger partial charge is 0.370 e. The highest BCUT2D eigenvalue weighted by atomic mass is 16.1. The van der Waals surface area contributed by atoms with E-state index < -0.39 is 0 Å². The lowest BCUT2D eigenvalue weighted by molar-refractivity contribution is -0.119. The van der Waals surface area contributed by atoms with Crippen LogP contribution < -0.4 is 11.1 Å². The summed E-state index contributed by atoms with van der Waals surface area (Å²) in [5, 5.41) is 3.50. The van der Waals surface area contributed by atoms with Crippen molar-refractivity contribution in [1.29, 1.82) is 0 Å². The van der Waals surface area contributed by atoms with Gasteiger partial charge in [0.05, 0.1) is 0 Å². The van der Waals surface area contributed by atoms with Crippen LogP contribution in [0.5, 0.6) is 0 Å². The molecule has 0 aromatic rings. The van der Waals surface area contributed by atoms with Crippen LogP contribution in [0.2, 0.25) is 0 Å². The number of rotatable bonds is 4. The van der Waals surface area contributed by atoms with Gasteiger partial charge in [-0.1, -0.05) is 13.8 Å². The molecule has 3 N–H and O–H groups in total. The molecule has 0 spiro atoms. The zero-order chi connectivity index (χ0) is 10.6. The number of primary amides is 1. The molecule has 14 heavy (non-hydrogen) atoms. The van der Waals surface area contributed by atoms with Crippen molar-refractivity contribution >= 4 is 5.91 Å². The van der Waals surface area contributed by atoms with Crippen LogP contribution in [0.1, 0.15) is 39.5 Å². The van der Waals surface area contributed by atoms with Crippen molar-refractivity contribution in [3.63, 3.8) is 0 Å². The Bertz CT molecular complexity index is 192. The second-order valence-electron chi connectivity index (χ2n) is 4.84. The van der Waals surface area contributed by atoms with Gasteiger partial charge in [-0.2, -0.15) is 0 Å². The Morgan fingerprint density at radius 3 is 2.86 bits per heavy atom. The van der Waals surface area contributed by atoms with E-state index in [0.717, 1.165) is 25.3 Å². The first kappa shape index (κ1) is 11.5. The van der Waals surface area contributed by atoms with Gasteiger partial charge in [0.25, 0.3) is 0 Å². The third-order valence-electron chi connectivity index (χ3n) is 2.85. The van der Waals surface area contributed by atoms with Crippen LogP contribution >= 0.6 is 0 Å². The molecule has 1 amide bonds. The van der Waals surface area contributed by atoms with Crippen LogP contribution in [0.15, 0.2) is 0 Å². The van der Waals surface area contributed by atoms with E-state index in [1.807, 2.05) is 0 Å². The predicted octanol–water partition coefficient (Wildman–Crippen LogP) is 1.28. The zero-order valence-corrected chi connectivity index (χ0v) is 9.25. The van der Waals surface area contributed by atoms with Gasteiger partial charge < -0.3 is 11.1 Å². The molecule has 0 radical (unpaired) electrons. The van der Waals surface area contributed by atoms with Gasteiger partial charge in [-0.05, 0) is 37.6 Å². The van der Waals surface area contributed by atoms with Crippen LogP contribution in [0.25, 0.3) is 0 Å². The summed E-state index contributed by atoms with van der Waals surface area (Å²) in [4.78, 5) is 10.8. The van der Waals surface area contributed by atoms with Crippen molar-refractivity contribution in [3.8, 4) is 0 Å². The number of carbonyl (C=O) groups is 1. The number of hydrogen-bond donors (Lipinski definition) is 2. The van der Waals surface area contributed by atoms with E-state index in [1.165, 1.54) is 6.42 Å². The van der Waals surface area contributed by atoms with Crippen molar-refractivity contribution in [2.75, 3.05) is 6.54 Å². The second kappa shape index (κ2) is 5.35. The smallest absolute Gasteiger partial charge is 0.217 e. The monoisotopic (exact) mass is 198 g/mol. The first-order chi connectivity index (χ1) is 6.58. The fraction of sp³-hybridized carbons (Fsp3) is 0.909. The minimum atomic E-state index is -0.153. The normalized spacial score (nSPS) is 27.9. The molecule has 0 aromatic carbocycles. The fourth-order valence-electron chi connectivity index (χ4n) is 2.31. The van der Waals surface area contributed by atoms with Crippen LogP contribution in [0.3, 0.4) is 0 Å². The maximum atomic E-state index is 10.8. The van der Waals surface area contributed by atoms with Gasteiger partial charge in [0, 0.05) is 12.5 Å². The lowest BCUT2D eigenvalue weighted by Crippen LogP contribution is -2.39. The molecule has 2 unspecified atom stereocenters. The van der Waals surface area contributed by atoms with Crippen LogP contribution in [0, 0.1) is 11.8 Å². The third-order valence-corrected chi connectivity index (χ3v) is 2.85. The molecule has 3 nitrogen and oxygen atoms in total. The third kappa shape index (κ3) is 4.09. The van der Waals surface area contributed by atoms with Gasteiger partial charge in [-0.25, -0.2) is 0 Å². The van der Waals surface area contributed by atoms with Crippen molar-refractivity contribution in [1.82, 2.24) is 5.32 Å². The highest BCUT2D eigenvalue weighted by Crippen LogP contribution is 2.22. The molecule has 3 heteroatoms. The minimum Gasteiger partial charge on any atom is -0.370 e. The Morgan fingerprint density at radius 1 is 1.57 bits per heavy atom. The Kier molecular flexibility index (Phi) is 4.39. The molecule has 82 valence electrons. The highest BCUT2D eigenvalue weighted by molar-refractivity contribution is 5.74. The highest BCUT2D eigenvalue weighted by Gasteiger charge is 2.22. The van der Waals surface area contributed by atoms with Crippen molar-refractivity contribution in [2.45, 2.75) is 45.6 Å². The molecule has 0 saturated carbocycles. The molecule has 1 fully saturated rings. The van der Waals surface area contributed by atoms with Crippen molar-refractivity contribution in [2.24, 2.45) is 17.6 Å². The SMILES string of the molecule is CC(C)CC1CC(CC(N)=O)CCN1. The molecular weight excluding hydrogens is 176 g/mol. The summed E-state index contributed by atoms with van der Waals surface area (Å²) in [6.45, 7) is 5.51. The Labute approximate surface area is 86.4 Å². The summed E-state index contributed by atoms with van der Waals surface area (Å²) in [7, 11) is 0. The maximum absolute atomic E-state index is 10.8. The average molecular weight is 198 g/mol. The molecule has 0 aromatic heterocycles. The topological polar surface area (TPSA) is 55.1 Å². The van der Waals surface area contributed by atoms with Crippen molar-refractivity contribution < 1.29 is 4.79 Å². The number of carbonyl (C=O) groups excluding carboxylic acids is 1. The van der Waals surface area contributed by atoms with Gasteiger partial charge >= 0.3 is 0 Å². The molecule has 1 rings (SSSR count). The van der Waals surface area contributed by atoms with Gasteiger partial charge in [-0.3, -0.25) is 4.79 Å². The summed E-state index contributed by atoms with van der Waals surface area (Å²) in [6, 6.07) is 0.591. The summed E-state index contributed by atoms with van der Waals surface area (Å²) in [5.41, 5.74) is 5.21. The molecule has 0 bridgehead atoms. The lowest BCUT2D eigenvalue weighted by Gasteiger charge is -2.30. The van der Waals surface area contributed by atoms with E-state index in [0.29, 0.717) is 18.4 Å². The number of nitrogens with two attached hydrogens (primary N) is 1. The number of nitrogens with one attached hydrogen (secondary N) is 1. The van der Waals surface area contributed by atoms with Gasteiger partial charge in [0.15, 0.2) is 0 Å². The number of hydrogen-bond acceptors (Lipinski definition) is 2. The van der Waals surface area contributed by atoms with E-state index in [1.54, 1.807) is 0 Å². The molecule has 1 aliphatic rings. The second-order valence-corrected chi connectivity index (χ2v) is 4.84. The minimum absolute atomic E-state index is 0.153. The molecule has 1 saturated heterocycles. The summed E-state index contributed by atoms with van der Waals surface area (Å²) < 4.78 is 0. The van der Waals surface area contributed by atoms with Crippen molar-refractivity contribution in [3.05, 3.63) is 0 Å². The number of amides is 1. The van der Waals surface area contributed by atoms with Crippen LogP contribution in [-0.4, -0.2) is 18.5 Å².